The molecule has 2 unspecified atom stereocenters. The van der Waals surface area contributed by atoms with E-state index in [2.05, 4.69) is 4.18 Å². The van der Waals surface area contributed by atoms with Gasteiger partial charge >= 0.3 is 21.6 Å². The summed E-state index contributed by atoms with van der Waals surface area (Å²) in [6.45, 7) is 3.47. The number of hydrogen-bond acceptors (Lipinski definition) is 5. The Kier molecular flexibility index (Phi) is 5.06. The highest BCUT2D eigenvalue weighted by Crippen LogP contribution is 2.34. The second-order valence-corrected chi connectivity index (χ2v) is 5.97. The van der Waals surface area contributed by atoms with Crippen molar-refractivity contribution >= 4 is 16.1 Å². The van der Waals surface area contributed by atoms with Crippen LogP contribution in [0.3, 0.4) is 0 Å². The molecule has 20 heavy (non-hydrogen) atoms. The topological polar surface area (TPSA) is 69.7 Å². The molecule has 0 heterocycles. The predicted octanol–water partition coefficient (Wildman–Crippen LogP) is 2.35. The molecule has 0 saturated carbocycles. The third-order valence-electron chi connectivity index (χ3n) is 2.90. The number of allylic oxidation sites excluding steroid dienone is 2. The van der Waals surface area contributed by atoms with Crippen LogP contribution >= 0.6 is 0 Å². The number of carbonyl (C=O) groups is 1. The molecule has 1 aliphatic rings. The molecule has 1 aliphatic carbocycles. The zero-order chi connectivity index (χ0) is 15.6. The van der Waals surface area contributed by atoms with Crippen molar-refractivity contribution in [3.05, 3.63) is 11.8 Å². The van der Waals surface area contributed by atoms with Crippen molar-refractivity contribution in [2.75, 3.05) is 6.61 Å². The number of carbonyl (C=O) groups excluding carboxylic acids is 1. The Morgan fingerprint density at radius 1 is 1.45 bits per heavy atom. The first-order valence-corrected chi connectivity index (χ1v) is 7.35. The fourth-order valence-electron chi connectivity index (χ4n) is 1.87. The van der Waals surface area contributed by atoms with Gasteiger partial charge in [0.1, 0.15) is 5.76 Å². The van der Waals surface area contributed by atoms with Gasteiger partial charge < -0.3 is 8.92 Å². The van der Waals surface area contributed by atoms with Crippen LogP contribution in [-0.2, 0) is 23.8 Å². The fraction of sp³-hybridized carbons (Fsp3) is 0.727. The Morgan fingerprint density at radius 3 is 2.50 bits per heavy atom. The van der Waals surface area contributed by atoms with Crippen LogP contribution < -0.4 is 0 Å². The van der Waals surface area contributed by atoms with Crippen LogP contribution in [0.1, 0.15) is 26.7 Å². The molecule has 0 aliphatic heterocycles. The van der Waals surface area contributed by atoms with Crippen LogP contribution in [0.2, 0.25) is 0 Å². The maximum Gasteiger partial charge on any atom is 0.534 e. The summed E-state index contributed by atoms with van der Waals surface area (Å²) < 4.78 is 67.2. The number of alkyl halides is 3. The second kappa shape index (κ2) is 6.02. The van der Waals surface area contributed by atoms with Crippen molar-refractivity contribution in [1.82, 2.24) is 0 Å². The third kappa shape index (κ3) is 3.87. The van der Waals surface area contributed by atoms with Gasteiger partial charge in [-0.05, 0) is 25.3 Å². The van der Waals surface area contributed by atoms with Crippen molar-refractivity contribution in [3.63, 3.8) is 0 Å². The first-order valence-electron chi connectivity index (χ1n) is 5.95. The molecule has 0 aromatic heterocycles. The second-order valence-electron chi connectivity index (χ2n) is 4.43. The van der Waals surface area contributed by atoms with Crippen molar-refractivity contribution in [3.8, 4) is 0 Å². The van der Waals surface area contributed by atoms with E-state index in [1.165, 1.54) is 6.08 Å². The van der Waals surface area contributed by atoms with Crippen LogP contribution in [0.5, 0.6) is 0 Å². The lowest BCUT2D eigenvalue weighted by Gasteiger charge is -2.26. The van der Waals surface area contributed by atoms with Gasteiger partial charge in [0.25, 0.3) is 0 Å². The average Bonchev–Trinajstić information content (AvgIpc) is 2.27. The van der Waals surface area contributed by atoms with Gasteiger partial charge in [-0.25, -0.2) is 0 Å². The fourth-order valence-corrected chi connectivity index (χ4v) is 2.38. The highest BCUT2D eigenvalue weighted by Gasteiger charge is 2.49. The van der Waals surface area contributed by atoms with Gasteiger partial charge in [0.2, 0.25) is 0 Å². The van der Waals surface area contributed by atoms with E-state index >= 15 is 0 Å². The average molecular weight is 316 g/mol. The smallest absolute Gasteiger partial charge is 0.466 e. The van der Waals surface area contributed by atoms with Crippen LogP contribution in [0.25, 0.3) is 0 Å². The SMILES string of the molecule is CCOC(=O)C1CC=C(OS(=O)(=O)C(F)(F)F)CC1C. The quantitative estimate of drug-likeness (QED) is 0.452. The summed E-state index contributed by atoms with van der Waals surface area (Å²) in [5.74, 6) is -1.61. The van der Waals surface area contributed by atoms with Gasteiger partial charge in [-0.15, -0.1) is 0 Å². The minimum Gasteiger partial charge on any atom is -0.466 e. The van der Waals surface area contributed by atoms with E-state index in [0.717, 1.165) is 0 Å². The van der Waals surface area contributed by atoms with Crippen molar-refractivity contribution in [2.45, 2.75) is 32.2 Å². The lowest BCUT2D eigenvalue weighted by atomic mass is 9.83. The summed E-state index contributed by atoms with van der Waals surface area (Å²) in [5.41, 5.74) is -5.46. The molecule has 0 radical (unpaired) electrons. The number of esters is 1. The molecular weight excluding hydrogens is 301 g/mol. The van der Waals surface area contributed by atoms with Gasteiger partial charge in [0.05, 0.1) is 12.5 Å². The highest BCUT2D eigenvalue weighted by atomic mass is 32.2. The van der Waals surface area contributed by atoms with Gasteiger partial charge in [0, 0.05) is 6.42 Å². The Morgan fingerprint density at radius 2 is 2.05 bits per heavy atom. The number of rotatable bonds is 4. The Hall–Kier alpha value is -1.25. The third-order valence-corrected chi connectivity index (χ3v) is 3.90. The zero-order valence-corrected chi connectivity index (χ0v) is 11.8. The van der Waals surface area contributed by atoms with Gasteiger partial charge in [-0.2, -0.15) is 21.6 Å². The minimum absolute atomic E-state index is 0.0706. The number of halogens is 3. The molecule has 1 rings (SSSR count). The van der Waals surface area contributed by atoms with E-state index in [9.17, 15) is 26.4 Å². The molecule has 5 nitrogen and oxygen atoms in total. The summed E-state index contributed by atoms with van der Waals surface area (Å²) in [7, 11) is -5.65. The van der Waals surface area contributed by atoms with E-state index in [-0.39, 0.29) is 31.1 Å². The van der Waals surface area contributed by atoms with E-state index in [1.807, 2.05) is 0 Å². The molecule has 0 saturated heterocycles. The van der Waals surface area contributed by atoms with Crippen molar-refractivity contribution in [2.24, 2.45) is 11.8 Å². The van der Waals surface area contributed by atoms with Gasteiger partial charge in [0.15, 0.2) is 0 Å². The summed E-state index contributed by atoms with van der Waals surface area (Å²) in [4.78, 5) is 11.6. The molecule has 116 valence electrons. The molecule has 0 spiro atoms. The Labute approximate surface area is 114 Å². The van der Waals surface area contributed by atoms with Crippen molar-refractivity contribution in [1.29, 1.82) is 0 Å². The molecule has 0 aromatic rings. The number of ether oxygens (including phenoxy) is 1. The lowest BCUT2D eigenvalue weighted by molar-refractivity contribution is -0.150. The first kappa shape index (κ1) is 16.8. The highest BCUT2D eigenvalue weighted by molar-refractivity contribution is 7.87. The molecule has 0 fully saturated rings. The van der Waals surface area contributed by atoms with E-state index in [4.69, 9.17) is 4.74 Å². The Bertz CT molecular complexity index is 495. The normalized spacial score (nSPS) is 23.9. The largest absolute Gasteiger partial charge is 0.534 e. The Balaban J connectivity index is 2.77. The molecule has 0 bridgehead atoms. The summed E-state index contributed by atoms with van der Waals surface area (Å²) in [5, 5.41) is 0. The molecule has 2 atom stereocenters. The van der Waals surface area contributed by atoms with Crippen LogP contribution in [-0.4, -0.2) is 26.5 Å². The molecule has 0 aromatic carbocycles. The summed E-state index contributed by atoms with van der Waals surface area (Å²) in [6.07, 6.45) is 1.20. The van der Waals surface area contributed by atoms with Crippen molar-refractivity contribution < 1.29 is 35.3 Å². The van der Waals surface area contributed by atoms with Crippen LogP contribution in [0.4, 0.5) is 13.2 Å². The molecule has 9 heteroatoms. The van der Waals surface area contributed by atoms with Crippen LogP contribution in [0.15, 0.2) is 11.8 Å². The standard InChI is InChI=1S/C11H15F3O5S/c1-3-18-10(15)9-5-4-8(6-7(9)2)19-20(16,17)11(12,13)14/h4,7,9H,3,5-6H2,1-2H3. The van der Waals surface area contributed by atoms with Gasteiger partial charge in [-0.1, -0.05) is 6.92 Å². The van der Waals surface area contributed by atoms with Crippen LogP contribution in [0, 0.1) is 11.8 Å². The van der Waals surface area contributed by atoms with E-state index < -0.39 is 27.5 Å². The number of hydrogen-bond donors (Lipinski definition) is 0. The zero-order valence-electron chi connectivity index (χ0n) is 10.9. The van der Waals surface area contributed by atoms with Gasteiger partial charge in [-0.3, -0.25) is 4.79 Å². The summed E-state index contributed by atoms with van der Waals surface area (Å²) >= 11 is 0. The molecule has 0 amide bonds. The minimum atomic E-state index is -5.65. The van der Waals surface area contributed by atoms with E-state index in [0.29, 0.717) is 0 Å². The van der Waals surface area contributed by atoms with E-state index in [1.54, 1.807) is 13.8 Å². The summed E-state index contributed by atoms with van der Waals surface area (Å²) in [6, 6.07) is 0. The lowest BCUT2D eigenvalue weighted by Crippen LogP contribution is -2.30. The maximum atomic E-state index is 12.2. The monoisotopic (exact) mass is 316 g/mol. The molecular formula is C11H15F3O5S. The predicted molar refractivity (Wildman–Crippen MR) is 62.7 cm³/mol. The first-order chi connectivity index (χ1) is 9.08. The molecule has 0 N–H and O–H groups in total. The maximum absolute atomic E-state index is 12.2.